The molecule has 19 heavy (non-hydrogen) atoms. The van der Waals surface area contributed by atoms with Crippen LogP contribution in [-0.4, -0.2) is 15.6 Å². The number of rotatable bonds is 3. The maximum atomic E-state index is 12.0. The molecule has 0 saturated heterocycles. The third-order valence-electron chi connectivity index (χ3n) is 2.95. The molecule has 0 bridgehead atoms. The van der Waals surface area contributed by atoms with Crippen molar-refractivity contribution in [2.75, 3.05) is 0 Å². The van der Waals surface area contributed by atoms with Crippen molar-refractivity contribution in [2.24, 2.45) is 0 Å². The first-order valence-electron chi connectivity index (χ1n) is 5.68. The molecular weight excluding hydrogens is 289 g/mol. The van der Waals surface area contributed by atoms with Gasteiger partial charge in [-0.2, -0.15) is 0 Å². The predicted molar refractivity (Wildman–Crippen MR) is 75.2 cm³/mol. The Hall–Kier alpha value is -1.52. The van der Waals surface area contributed by atoms with Crippen LogP contribution in [-0.2, 0) is 4.79 Å². The van der Waals surface area contributed by atoms with E-state index >= 15 is 0 Å². The number of nitrogens with zero attached hydrogens (tertiary/aromatic N) is 1. The molecular formula is C13H11Cl2NO3. The van der Waals surface area contributed by atoms with Crippen molar-refractivity contribution < 1.29 is 9.90 Å². The van der Waals surface area contributed by atoms with Gasteiger partial charge < -0.3 is 5.11 Å². The molecule has 1 heterocycles. The first kappa shape index (κ1) is 13.9. The number of benzene rings is 1. The van der Waals surface area contributed by atoms with E-state index in [-0.39, 0.29) is 5.02 Å². The standard InChI is InChI=1S/C13H11Cl2NO3/c1-2-10(13(18)19)16-11-5-7(14)3-4-8(11)9(15)6-12(16)17/h3-6,10H,2H2,1H3,(H,18,19). The number of fused-ring (bicyclic) bond motifs is 1. The SMILES string of the molecule is CCC(C(=O)O)n1c(=O)cc(Cl)c2ccc(Cl)cc21. The van der Waals surface area contributed by atoms with Gasteiger partial charge in [0.25, 0.3) is 5.56 Å². The van der Waals surface area contributed by atoms with Crippen molar-refractivity contribution in [1.82, 2.24) is 4.57 Å². The van der Waals surface area contributed by atoms with Gasteiger partial charge in [0.15, 0.2) is 0 Å². The van der Waals surface area contributed by atoms with Crippen LogP contribution >= 0.6 is 23.2 Å². The molecule has 100 valence electrons. The molecule has 1 atom stereocenters. The number of aromatic nitrogens is 1. The normalized spacial score (nSPS) is 12.6. The molecule has 0 aliphatic rings. The Kier molecular flexibility index (Phi) is 3.83. The molecule has 0 saturated carbocycles. The smallest absolute Gasteiger partial charge is 0.326 e. The molecule has 0 aliphatic carbocycles. The summed E-state index contributed by atoms with van der Waals surface area (Å²) in [5.74, 6) is -1.06. The van der Waals surface area contributed by atoms with E-state index in [1.165, 1.54) is 10.6 Å². The minimum Gasteiger partial charge on any atom is -0.480 e. The average molecular weight is 300 g/mol. The van der Waals surface area contributed by atoms with Crippen molar-refractivity contribution in [3.63, 3.8) is 0 Å². The maximum Gasteiger partial charge on any atom is 0.326 e. The second-order valence-corrected chi connectivity index (χ2v) is 4.97. The molecule has 0 spiro atoms. The lowest BCUT2D eigenvalue weighted by Gasteiger charge is -2.17. The molecule has 0 aliphatic heterocycles. The van der Waals surface area contributed by atoms with Gasteiger partial charge in [-0.3, -0.25) is 9.36 Å². The molecule has 0 amide bonds. The number of aliphatic carboxylic acids is 1. The minimum absolute atomic E-state index is 0.285. The Labute approximate surface area is 119 Å². The van der Waals surface area contributed by atoms with Crippen molar-refractivity contribution in [3.05, 3.63) is 44.7 Å². The summed E-state index contributed by atoms with van der Waals surface area (Å²) >= 11 is 11.9. The predicted octanol–water partition coefficient (Wildman–Crippen LogP) is 3.34. The summed E-state index contributed by atoms with van der Waals surface area (Å²) in [6.45, 7) is 1.70. The van der Waals surface area contributed by atoms with Crippen LogP contribution < -0.4 is 5.56 Å². The van der Waals surface area contributed by atoms with Crippen molar-refractivity contribution in [2.45, 2.75) is 19.4 Å². The fourth-order valence-electron chi connectivity index (χ4n) is 2.07. The number of carboxylic acids is 1. The highest BCUT2D eigenvalue weighted by Crippen LogP contribution is 2.27. The molecule has 2 aromatic rings. The van der Waals surface area contributed by atoms with Gasteiger partial charge >= 0.3 is 5.97 Å². The van der Waals surface area contributed by atoms with E-state index in [1.54, 1.807) is 25.1 Å². The zero-order chi connectivity index (χ0) is 14.2. The number of hydrogen-bond acceptors (Lipinski definition) is 2. The second-order valence-electron chi connectivity index (χ2n) is 4.12. The molecule has 1 aromatic carbocycles. The summed E-state index contributed by atoms with van der Waals surface area (Å²) in [4.78, 5) is 23.3. The quantitative estimate of drug-likeness (QED) is 0.945. The summed E-state index contributed by atoms with van der Waals surface area (Å²) in [5.41, 5.74) is -0.0201. The van der Waals surface area contributed by atoms with E-state index < -0.39 is 17.6 Å². The van der Waals surface area contributed by atoms with Crippen LogP contribution in [0.3, 0.4) is 0 Å². The Morgan fingerprint density at radius 1 is 1.37 bits per heavy atom. The number of carbonyl (C=O) groups is 1. The van der Waals surface area contributed by atoms with Gasteiger partial charge in [0.1, 0.15) is 6.04 Å². The first-order valence-corrected chi connectivity index (χ1v) is 6.44. The molecule has 4 nitrogen and oxygen atoms in total. The molecule has 6 heteroatoms. The highest BCUT2D eigenvalue weighted by molar-refractivity contribution is 6.36. The van der Waals surface area contributed by atoms with Crippen LogP contribution in [0.5, 0.6) is 0 Å². The molecule has 0 radical (unpaired) electrons. The Morgan fingerprint density at radius 2 is 2.05 bits per heavy atom. The van der Waals surface area contributed by atoms with Crippen LogP contribution in [0.25, 0.3) is 10.9 Å². The zero-order valence-corrected chi connectivity index (χ0v) is 11.6. The Morgan fingerprint density at radius 3 is 2.63 bits per heavy atom. The van der Waals surface area contributed by atoms with Crippen LogP contribution in [0.4, 0.5) is 0 Å². The van der Waals surface area contributed by atoms with Crippen LogP contribution in [0, 0.1) is 0 Å². The molecule has 1 N–H and O–H groups in total. The molecule has 1 aromatic heterocycles. The minimum atomic E-state index is -1.06. The van der Waals surface area contributed by atoms with E-state index in [2.05, 4.69) is 0 Å². The lowest BCUT2D eigenvalue weighted by atomic mass is 10.1. The van der Waals surface area contributed by atoms with Crippen LogP contribution in [0.2, 0.25) is 10.0 Å². The van der Waals surface area contributed by atoms with Crippen molar-refractivity contribution in [3.8, 4) is 0 Å². The van der Waals surface area contributed by atoms with Crippen LogP contribution in [0.1, 0.15) is 19.4 Å². The summed E-state index contributed by atoms with van der Waals surface area (Å²) in [6.07, 6.45) is 0.290. The van der Waals surface area contributed by atoms with Gasteiger partial charge in [-0.05, 0) is 24.6 Å². The van der Waals surface area contributed by atoms with Crippen LogP contribution in [0.15, 0.2) is 29.1 Å². The topological polar surface area (TPSA) is 59.3 Å². The highest BCUT2D eigenvalue weighted by Gasteiger charge is 2.21. The summed E-state index contributed by atoms with van der Waals surface area (Å²) in [5, 5.41) is 10.5. The molecule has 1 unspecified atom stereocenters. The third-order valence-corrected chi connectivity index (χ3v) is 3.50. The van der Waals surface area contributed by atoms with E-state index in [9.17, 15) is 14.7 Å². The number of halogens is 2. The number of hydrogen-bond donors (Lipinski definition) is 1. The first-order chi connectivity index (χ1) is 8.95. The average Bonchev–Trinajstić information content (AvgIpc) is 2.33. The zero-order valence-electron chi connectivity index (χ0n) is 10.1. The van der Waals surface area contributed by atoms with Crippen molar-refractivity contribution in [1.29, 1.82) is 0 Å². The van der Waals surface area contributed by atoms with E-state index in [0.29, 0.717) is 22.3 Å². The second kappa shape index (κ2) is 5.23. The van der Waals surface area contributed by atoms with Gasteiger partial charge in [0.2, 0.25) is 0 Å². The summed E-state index contributed by atoms with van der Waals surface area (Å²) < 4.78 is 1.22. The van der Waals surface area contributed by atoms with Gasteiger partial charge in [0, 0.05) is 16.5 Å². The fraction of sp³-hybridized carbons (Fsp3) is 0.231. The Balaban J connectivity index is 2.89. The van der Waals surface area contributed by atoms with E-state index in [1.807, 2.05) is 0 Å². The van der Waals surface area contributed by atoms with Gasteiger partial charge in [-0.1, -0.05) is 30.1 Å². The fourth-order valence-corrected chi connectivity index (χ4v) is 2.49. The van der Waals surface area contributed by atoms with E-state index in [0.717, 1.165) is 0 Å². The lowest BCUT2D eigenvalue weighted by Crippen LogP contribution is -2.29. The van der Waals surface area contributed by atoms with E-state index in [4.69, 9.17) is 23.2 Å². The number of pyridine rings is 1. The van der Waals surface area contributed by atoms with Crippen molar-refractivity contribution >= 4 is 40.1 Å². The molecule has 0 fully saturated rings. The highest BCUT2D eigenvalue weighted by atomic mass is 35.5. The Bertz CT molecular complexity index is 709. The van der Waals surface area contributed by atoms with Gasteiger partial charge in [-0.25, -0.2) is 4.79 Å². The monoisotopic (exact) mass is 299 g/mol. The van der Waals surface area contributed by atoms with Gasteiger partial charge in [-0.15, -0.1) is 0 Å². The summed E-state index contributed by atoms with van der Waals surface area (Å²) in [6, 6.07) is 5.15. The molecule has 2 rings (SSSR count). The van der Waals surface area contributed by atoms with Gasteiger partial charge in [0.05, 0.1) is 10.5 Å². The number of carboxylic acid groups (broad SMARTS) is 1. The largest absolute Gasteiger partial charge is 0.480 e. The maximum absolute atomic E-state index is 12.0. The lowest BCUT2D eigenvalue weighted by molar-refractivity contribution is -0.140. The third kappa shape index (κ3) is 2.46. The summed E-state index contributed by atoms with van der Waals surface area (Å²) in [7, 11) is 0.